The van der Waals surface area contributed by atoms with Gasteiger partial charge in [-0.05, 0) is 13.8 Å². The van der Waals surface area contributed by atoms with Gasteiger partial charge in [-0.1, -0.05) is 0 Å². The number of rotatable bonds is 2. The summed E-state index contributed by atoms with van der Waals surface area (Å²) in [5.41, 5.74) is 0. The molecule has 4 atom stereocenters. The van der Waals surface area contributed by atoms with Crippen molar-refractivity contribution in [1.82, 2.24) is 0 Å². The Bertz CT molecular complexity index is 276. The Kier molecular flexibility index (Phi) is 2.46. The maximum atomic E-state index is 11.4. The van der Waals surface area contributed by atoms with Crippen molar-refractivity contribution in [3.63, 3.8) is 0 Å². The molecular formula is C9H14O6. The molecule has 0 radical (unpaired) electrons. The number of carbonyl (C=O) groups is 1. The monoisotopic (exact) mass is 218 g/mol. The van der Waals surface area contributed by atoms with Gasteiger partial charge in [-0.25, -0.2) is 4.79 Å². The molecule has 0 aromatic heterocycles. The van der Waals surface area contributed by atoms with Crippen LogP contribution in [0.15, 0.2) is 0 Å². The number of hydrogen-bond donors (Lipinski definition) is 2. The first-order chi connectivity index (χ1) is 6.94. The molecule has 2 fully saturated rings. The Balaban J connectivity index is 2.16. The minimum absolute atomic E-state index is 0.481. The van der Waals surface area contributed by atoms with Crippen molar-refractivity contribution in [3.05, 3.63) is 0 Å². The smallest absolute Gasteiger partial charge is 0.338 e. The predicted octanol–water partition coefficient (Wildman–Crippen LogP) is -1.21. The Morgan fingerprint density at radius 2 is 2.13 bits per heavy atom. The number of aliphatic hydroxyl groups excluding tert-OH is 2. The van der Waals surface area contributed by atoms with Gasteiger partial charge in [0.2, 0.25) is 0 Å². The lowest BCUT2D eigenvalue weighted by atomic mass is 10.1. The van der Waals surface area contributed by atoms with Gasteiger partial charge in [0.05, 0.1) is 6.61 Å². The first-order valence-electron chi connectivity index (χ1n) is 4.79. The van der Waals surface area contributed by atoms with E-state index in [1.807, 2.05) is 0 Å². The largest absolute Gasteiger partial charge is 0.455 e. The Hall–Kier alpha value is -0.690. The summed E-state index contributed by atoms with van der Waals surface area (Å²) >= 11 is 0. The van der Waals surface area contributed by atoms with Crippen LogP contribution in [0.4, 0.5) is 0 Å². The highest BCUT2D eigenvalue weighted by Crippen LogP contribution is 2.36. The summed E-state index contributed by atoms with van der Waals surface area (Å²) in [5.74, 6) is -1.41. The summed E-state index contributed by atoms with van der Waals surface area (Å²) in [6.45, 7) is 2.88. The molecule has 0 aliphatic carbocycles. The van der Waals surface area contributed by atoms with Crippen LogP contribution in [0.2, 0.25) is 0 Å². The molecule has 0 amide bonds. The van der Waals surface area contributed by atoms with E-state index in [2.05, 4.69) is 0 Å². The SMILES string of the molecule is CC1(C)OC2C(=O)OC([C@H](O)CO)[C@H]2O1. The molecule has 2 aliphatic heterocycles. The highest BCUT2D eigenvalue weighted by Gasteiger charge is 2.57. The number of fused-ring (bicyclic) bond motifs is 1. The minimum Gasteiger partial charge on any atom is -0.455 e. The van der Waals surface area contributed by atoms with Gasteiger partial charge in [0, 0.05) is 0 Å². The molecule has 2 saturated heterocycles. The van der Waals surface area contributed by atoms with Crippen LogP contribution < -0.4 is 0 Å². The Labute approximate surface area is 86.7 Å². The zero-order valence-corrected chi connectivity index (χ0v) is 8.54. The number of esters is 1. The molecule has 0 aromatic rings. The summed E-state index contributed by atoms with van der Waals surface area (Å²) in [6, 6.07) is 0. The normalized spacial score (nSPS) is 40.0. The lowest BCUT2D eigenvalue weighted by molar-refractivity contribution is -0.195. The van der Waals surface area contributed by atoms with Crippen molar-refractivity contribution < 1.29 is 29.2 Å². The quantitative estimate of drug-likeness (QED) is 0.565. The summed E-state index contributed by atoms with van der Waals surface area (Å²) in [5, 5.41) is 18.2. The zero-order valence-electron chi connectivity index (χ0n) is 8.54. The Morgan fingerprint density at radius 1 is 1.47 bits per heavy atom. The predicted molar refractivity (Wildman–Crippen MR) is 46.8 cm³/mol. The van der Waals surface area contributed by atoms with Crippen LogP contribution in [0.3, 0.4) is 0 Å². The van der Waals surface area contributed by atoms with Gasteiger partial charge in [-0.3, -0.25) is 0 Å². The second-order valence-corrected chi connectivity index (χ2v) is 4.17. The van der Waals surface area contributed by atoms with Gasteiger partial charge in [0.1, 0.15) is 12.2 Å². The molecule has 2 rings (SSSR count). The van der Waals surface area contributed by atoms with E-state index in [1.165, 1.54) is 0 Å². The highest BCUT2D eigenvalue weighted by molar-refractivity contribution is 5.78. The van der Waals surface area contributed by atoms with Gasteiger partial charge < -0.3 is 24.4 Å². The number of ether oxygens (including phenoxy) is 3. The summed E-state index contributed by atoms with van der Waals surface area (Å²) in [4.78, 5) is 11.4. The van der Waals surface area contributed by atoms with E-state index in [4.69, 9.17) is 19.3 Å². The van der Waals surface area contributed by atoms with Crippen molar-refractivity contribution in [3.8, 4) is 0 Å². The van der Waals surface area contributed by atoms with Crippen LogP contribution >= 0.6 is 0 Å². The fraction of sp³-hybridized carbons (Fsp3) is 0.889. The van der Waals surface area contributed by atoms with E-state index in [9.17, 15) is 9.90 Å². The molecule has 0 saturated carbocycles. The molecule has 15 heavy (non-hydrogen) atoms. The van der Waals surface area contributed by atoms with Crippen molar-refractivity contribution in [2.75, 3.05) is 6.61 Å². The number of aliphatic hydroxyl groups is 2. The fourth-order valence-corrected chi connectivity index (χ4v) is 1.88. The third-order valence-electron chi connectivity index (χ3n) is 2.50. The van der Waals surface area contributed by atoms with Gasteiger partial charge in [0.25, 0.3) is 0 Å². The number of carbonyl (C=O) groups excluding carboxylic acids is 1. The molecule has 2 aliphatic rings. The molecule has 2 heterocycles. The van der Waals surface area contributed by atoms with Crippen molar-refractivity contribution in [2.24, 2.45) is 0 Å². The van der Waals surface area contributed by atoms with E-state index in [0.29, 0.717) is 0 Å². The molecule has 0 aromatic carbocycles. The van der Waals surface area contributed by atoms with Crippen molar-refractivity contribution >= 4 is 5.97 Å². The van der Waals surface area contributed by atoms with Gasteiger partial charge in [-0.15, -0.1) is 0 Å². The number of cyclic esters (lactones) is 1. The maximum Gasteiger partial charge on any atom is 0.338 e. The van der Waals surface area contributed by atoms with E-state index in [1.54, 1.807) is 13.8 Å². The van der Waals surface area contributed by atoms with Crippen LogP contribution in [0.5, 0.6) is 0 Å². The molecule has 0 bridgehead atoms. The second kappa shape index (κ2) is 3.41. The van der Waals surface area contributed by atoms with Crippen molar-refractivity contribution in [1.29, 1.82) is 0 Å². The molecular weight excluding hydrogens is 204 g/mol. The topological polar surface area (TPSA) is 85.2 Å². The summed E-state index contributed by atoms with van der Waals surface area (Å²) in [6.07, 6.45) is -3.43. The van der Waals surface area contributed by atoms with Crippen LogP contribution in [-0.4, -0.2) is 53.0 Å². The fourth-order valence-electron chi connectivity index (χ4n) is 1.88. The first kappa shape index (κ1) is 10.8. The number of hydrogen-bond acceptors (Lipinski definition) is 6. The van der Waals surface area contributed by atoms with Crippen LogP contribution in [0.25, 0.3) is 0 Å². The van der Waals surface area contributed by atoms with Crippen LogP contribution in [0.1, 0.15) is 13.8 Å². The standard InChI is InChI=1S/C9H14O6/c1-9(2)14-6-5(4(11)3-10)13-8(12)7(6)15-9/h4-7,10-11H,3H2,1-2H3/t4-,5?,6-,7?/m1/s1. The molecule has 0 spiro atoms. The van der Waals surface area contributed by atoms with E-state index in [-0.39, 0.29) is 0 Å². The second-order valence-electron chi connectivity index (χ2n) is 4.17. The molecule has 6 nitrogen and oxygen atoms in total. The van der Waals surface area contributed by atoms with Crippen LogP contribution in [0, 0.1) is 0 Å². The molecule has 2 unspecified atom stereocenters. The highest BCUT2D eigenvalue weighted by atomic mass is 16.8. The summed E-state index contributed by atoms with van der Waals surface area (Å²) in [7, 11) is 0. The molecule has 2 N–H and O–H groups in total. The Morgan fingerprint density at radius 3 is 2.73 bits per heavy atom. The van der Waals surface area contributed by atoms with E-state index >= 15 is 0 Å². The third-order valence-corrected chi connectivity index (χ3v) is 2.50. The maximum absolute atomic E-state index is 11.4. The van der Waals surface area contributed by atoms with Crippen LogP contribution in [-0.2, 0) is 19.0 Å². The van der Waals surface area contributed by atoms with E-state index < -0.39 is 42.8 Å². The lowest BCUT2D eigenvalue weighted by Gasteiger charge is -2.23. The van der Waals surface area contributed by atoms with E-state index in [0.717, 1.165) is 0 Å². The average Bonchev–Trinajstić information content (AvgIpc) is 2.61. The third kappa shape index (κ3) is 1.74. The van der Waals surface area contributed by atoms with Crippen molar-refractivity contribution in [2.45, 2.75) is 44.1 Å². The molecule has 86 valence electrons. The van der Waals surface area contributed by atoms with Gasteiger partial charge in [0.15, 0.2) is 18.0 Å². The first-order valence-corrected chi connectivity index (χ1v) is 4.79. The van der Waals surface area contributed by atoms with Gasteiger partial charge in [-0.2, -0.15) is 0 Å². The molecule has 6 heteroatoms. The lowest BCUT2D eigenvalue weighted by Crippen LogP contribution is -2.40. The van der Waals surface area contributed by atoms with Gasteiger partial charge >= 0.3 is 5.97 Å². The summed E-state index contributed by atoms with van der Waals surface area (Å²) < 4.78 is 15.6. The minimum atomic E-state index is -1.14. The average molecular weight is 218 g/mol. The zero-order chi connectivity index (χ0) is 11.2.